The van der Waals surface area contributed by atoms with Crippen molar-refractivity contribution < 1.29 is 72.7 Å². The Morgan fingerprint density at radius 2 is 1.36 bits per heavy atom. The molecule has 3 aromatic heterocycles. The van der Waals surface area contributed by atoms with Gasteiger partial charge in [-0.05, 0) is 13.8 Å². The minimum absolute atomic E-state index is 0.0265. The second-order valence-corrected chi connectivity index (χ2v) is 18.6. The maximum atomic E-state index is 13.1. The van der Waals surface area contributed by atoms with E-state index in [1.165, 1.54) is 62.2 Å². The van der Waals surface area contributed by atoms with E-state index in [2.05, 4.69) is 35.8 Å². The molecule has 4 amide bonds. The van der Waals surface area contributed by atoms with Crippen LogP contribution in [0.25, 0.3) is 0 Å². The Bertz CT molecular complexity index is 2650. The van der Waals surface area contributed by atoms with Crippen molar-refractivity contribution in [2.45, 2.75) is 55.7 Å². The van der Waals surface area contributed by atoms with Gasteiger partial charge >= 0.3 is 17.9 Å². The number of carbonyl (C=O) groups excluding carboxylic acids is 6. The zero-order valence-electron chi connectivity index (χ0n) is 35.4. The Morgan fingerprint density at radius 1 is 0.851 bits per heavy atom. The number of β-lactam (4-membered cyclic amide) rings is 2. The van der Waals surface area contributed by atoms with Gasteiger partial charge in [0.2, 0.25) is 5.60 Å². The lowest BCUT2D eigenvalue weighted by atomic mass is 10.0. The summed E-state index contributed by atoms with van der Waals surface area (Å²) in [7, 11) is 1.25. The normalized spacial score (nSPS) is 20.2. The van der Waals surface area contributed by atoms with E-state index in [0.29, 0.717) is 16.9 Å². The Hall–Kier alpha value is -7.11. The number of nitrogens with zero attached hydrogens (tertiary/aromatic N) is 7. The first-order valence-corrected chi connectivity index (χ1v) is 23.1. The maximum Gasteiger partial charge on any atom is 0.352 e. The highest BCUT2D eigenvalue weighted by atomic mass is 32.2. The Labute approximate surface area is 394 Å². The number of esters is 1. The highest BCUT2D eigenvalue weighted by Gasteiger charge is 2.55. The van der Waals surface area contributed by atoms with Crippen LogP contribution < -0.4 is 31.8 Å². The molecule has 0 aromatic carbocycles. The average Bonchev–Trinajstić information content (AvgIpc) is 3.92. The summed E-state index contributed by atoms with van der Waals surface area (Å²) in [4.78, 5) is 117. The number of nitrogens with two attached hydrogens (primary N) is 2. The third-order valence-electron chi connectivity index (χ3n) is 9.69. The van der Waals surface area contributed by atoms with Crippen molar-refractivity contribution in [1.82, 2.24) is 30.4 Å². The second-order valence-electron chi connectivity index (χ2n) is 14.7. The maximum absolute atomic E-state index is 13.1. The number of hydrogen-bond acceptors (Lipinski definition) is 22. The van der Waals surface area contributed by atoms with Gasteiger partial charge in [0.15, 0.2) is 40.6 Å². The summed E-state index contributed by atoms with van der Waals surface area (Å²) in [5.41, 5.74) is 9.50. The minimum atomic E-state index is -1.75. The fourth-order valence-corrected chi connectivity index (χ4v) is 10.2. The fourth-order valence-electron chi connectivity index (χ4n) is 6.45. The number of ether oxygens (including phenoxy) is 1. The molecule has 8 N–H and O–H groups in total. The van der Waals surface area contributed by atoms with Gasteiger partial charge in [-0.15, -0.1) is 46.2 Å². The highest BCUT2D eigenvalue weighted by Crippen LogP contribution is 2.41. The molecule has 25 nitrogen and oxygen atoms in total. The van der Waals surface area contributed by atoms with Crippen LogP contribution in [0.2, 0.25) is 0 Å². The van der Waals surface area contributed by atoms with Gasteiger partial charge in [-0.3, -0.25) is 33.8 Å². The number of amides is 4. The van der Waals surface area contributed by atoms with Crippen LogP contribution in [-0.4, -0.2) is 143 Å². The standard InChI is InChI=1S/C22H22N6O7S2.C16H17N5O7S2/c1-22(2,20(33)34)35-26-13(12-10-37-21(23)24-12)16(29)25-14-17(30)28-15(19(31)32)11(9-36-18(14)28)8-27-6-4-3-5-7-27;1-6(22)28-3-7-4-29-14-10(13(24)21(14)11(7)15(25)26)19-12(23)9(20-27-2)8-5-30-16(17)18-8/h3-7,10,14,18H,8-9H2,1-2H3,(H4-,23,24,25,29,31,32,33,34);5,10,14H,3-4H2,1-2H3,(H2,17,18)(H,19,23)(H,25,26)/b26-13-;20-9+/t14-,18-;10-,14-/m11/s1. The number of nitrogens with one attached hydrogen (secondary N) is 2. The predicted molar refractivity (Wildman–Crippen MR) is 236 cm³/mol. The number of aliphatic carboxylic acids is 3. The van der Waals surface area contributed by atoms with E-state index < -0.39 is 75.9 Å². The largest absolute Gasteiger partial charge is 0.543 e. The lowest BCUT2D eigenvalue weighted by molar-refractivity contribution is -0.689. The first-order chi connectivity index (χ1) is 31.7. The summed E-state index contributed by atoms with van der Waals surface area (Å²) in [5.74, 6) is -6.99. The molecule has 4 aliphatic rings. The molecule has 0 spiro atoms. The third-order valence-corrected chi connectivity index (χ3v) is 13.7. The number of pyridine rings is 1. The molecular formula is C38H39N11O14S4. The first kappa shape index (κ1) is 49.3. The number of anilines is 2. The van der Waals surface area contributed by atoms with Crippen molar-refractivity contribution in [1.29, 1.82) is 0 Å². The number of carbonyl (C=O) groups is 8. The minimum Gasteiger partial charge on any atom is -0.543 e. The molecule has 0 saturated carbocycles. The van der Waals surface area contributed by atoms with E-state index in [1.807, 2.05) is 6.07 Å². The van der Waals surface area contributed by atoms with E-state index in [1.54, 1.807) is 29.1 Å². The highest BCUT2D eigenvalue weighted by molar-refractivity contribution is 8.00. The number of carboxylic acids is 3. The summed E-state index contributed by atoms with van der Waals surface area (Å²) in [6.07, 6.45) is 3.55. The topological polar surface area (TPSA) is 365 Å². The van der Waals surface area contributed by atoms with Gasteiger partial charge in [-0.25, -0.2) is 24.1 Å². The van der Waals surface area contributed by atoms with Crippen LogP contribution >= 0.6 is 46.2 Å². The van der Waals surface area contributed by atoms with Crippen LogP contribution in [-0.2, 0) is 59.3 Å². The molecule has 2 fully saturated rings. The molecule has 7 heterocycles. The number of carboxylic acid groups (broad SMARTS) is 3. The van der Waals surface area contributed by atoms with Gasteiger partial charge < -0.3 is 56.6 Å². The van der Waals surface area contributed by atoms with Crippen molar-refractivity contribution in [2.24, 2.45) is 10.3 Å². The number of hydrogen-bond donors (Lipinski definition) is 6. The van der Waals surface area contributed by atoms with Crippen molar-refractivity contribution in [3.05, 3.63) is 75.3 Å². The van der Waals surface area contributed by atoms with E-state index in [0.717, 1.165) is 32.5 Å². The van der Waals surface area contributed by atoms with Crippen molar-refractivity contribution in [3.63, 3.8) is 0 Å². The summed E-state index contributed by atoms with van der Waals surface area (Å²) < 4.78 is 6.66. The molecule has 0 unspecified atom stereocenters. The summed E-state index contributed by atoms with van der Waals surface area (Å²) in [6, 6.07) is 3.40. The molecule has 7 rings (SSSR count). The lowest BCUT2D eigenvalue weighted by Gasteiger charge is -2.50. The van der Waals surface area contributed by atoms with Crippen LogP contribution in [0.1, 0.15) is 32.2 Å². The van der Waals surface area contributed by atoms with Crippen molar-refractivity contribution in [2.75, 3.05) is 36.7 Å². The number of oxime groups is 2. The van der Waals surface area contributed by atoms with E-state index >= 15 is 0 Å². The quantitative estimate of drug-likeness (QED) is 0.0299. The van der Waals surface area contributed by atoms with Crippen LogP contribution in [0, 0.1) is 0 Å². The number of thiazole rings is 2. The molecular weight excluding hydrogens is 963 g/mol. The Morgan fingerprint density at radius 3 is 1.81 bits per heavy atom. The molecule has 29 heteroatoms. The number of fused-ring (bicyclic) bond motifs is 2. The van der Waals surface area contributed by atoms with Gasteiger partial charge in [0.05, 0.1) is 11.7 Å². The van der Waals surface area contributed by atoms with Crippen LogP contribution in [0.5, 0.6) is 0 Å². The predicted octanol–water partition coefficient (Wildman–Crippen LogP) is -1.92. The first-order valence-electron chi connectivity index (χ1n) is 19.2. The van der Waals surface area contributed by atoms with Crippen LogP contribution in [0.4, 0.5) is 10.3 Å². The zero-order valence-corrected chi connectivity index (χ0v) is 38.7. The molecule has 4 aliphatic heterocycles. The van der Waals surface area contributed by atoms with Crippen molar-refractivity contribution in [3.8, 4) is 0 Å². The van der Waals surface area contributed by atoms with Gasteiger partial charge in [-0.1, -0.05) is 16.4 Å². The van der Waals surface area contributed by atoms with E-state index in [-0.39, 0.29) is 63.4 Å². The molecule has 354 valence electrons. The fraction of sp³-hybridized carbons (Fsp3) is 0.342. The van der Waals surface area contributed by atoms with Gasteiger partial charge in [0.25, 0.3) is 23.6 Å². The SMILES string of the molecule is CC(C)(O/N=C(\C(=O)N[C@@H]1C(=O)N2C(C(=O)[O-])=C(C[n+]3ccccc3)CS[C@H]12)c1csc(N)n1)C(=O)O.CO/N=C(/C(=O)N[C@@H]1C(=O)N2C(C(=O)O)=C(COC(C)=O)CS[C@H]12)c1csc(N)n1. The zero-order chi connectivity index (χ0) is 48.9. The Kier molecular flexibility index (Phi) is 15.2. The Balaban J connectivity index is 0.000000226. The number of thioether (sulfide) groups is 2. The third kappa shape index (κ3) is 10.8. The number of rotatable bonds is 16. The second kappa shape index (κ2) is 20.6. The van der Waals surface area contributed by atoms with Gasteiger partial charge in [0, 0.05) is 52.5 Å². The molecule has 0 radical (unpaired) electrons. The van der Waals surface area contributed by atoms with Gasteiger partial charge in [-0.2, -0.15) is 0 Å². The number of nitrogen functional groups attached to an aromatic ring is 2. The average molecular weight is 1000 g/mol. The van der Waals surface area contributed by atoms with Crippen LogP contribution in [0.3, 0.4) is 0 Å². The van der Waals surface area contributed by atoms with Crippen molar-refractivity contribution >= 4 is 115 Å². The van der Waals surface area contributed by atoms with E-state index in [9.17, 15) is 53.7 Å². The molecule has 4 atom stereocenters. The molecule has 0 bridgehead atoms. The van der Waals surface area contributed by atoms with Crippen LogP contribution in [0.15, 0.2) is 74.2 Å². The molecule has 2 saturated heterocycles. The molecule has 3 aromatic rings. The molecule has 67 heavy (non-hydrogen) atoms. The van der Waals surface area contributed by atoms with E-state index in [4.69, 9.17) is 21.0 Å². The summed E-state index contributed by atoms with van der Waals surface area (Å²) in [5, 5.41) is 45.2. The summed E-state index contributed by atoms with van der Waals surface area (Å²) in [6.45, 7) is 3.72. The monoisotopic (exact) mass is 1000 g/mol. The molecule has 0 aliphatic carbocycles. The van der Waals surface area contributed by atoms with Gasteiger partial charge in [0.1, 0.15) is 53.6 Å². The smallest absolute Gasteiger partial charge is 0.352 e. The lowest BCUT2D eigenvalue weighted by Crippen LogP contribution is -2.71. The number of aromatic nitrogens is 3. The summed E-state index contributed by atoms with van der Waals surface area (Å²) >= 11 is 4.67.